The van der Waals surface area contributed by atoms with Crippen molar-refractivity contribution in [2.75, 3.05) is 13.7 Å². The molecule has 3 nitrogen and oxygen atoms in total. The first-order valence-corrected chi connectivity index (χ1v) is 7.41. The zero-order valence-corrected chi connectivity index (χ0v) is 14.0. The maximum absolute atomic E-state index is 5.92. The van der Waals surface area contributed by atoms with Crippen LogP contribution in [0.15, 0.2) is 16.6 Å². The predicted octanol–water partition coefficient (Wildman–Crippen LogP) is 3.67. The molecule has 0 spiro atoms. The third-order valence-corrected chi connectivity index (χ3v) is 3.34. The Labute approximate surface area is 124 Å². The first kappa shape index (κ1) is 16.5. The Morgan fingerprint density at radius 1 is 1.26 bits per heavy atom. The summed E-state index contributed by atoms with van der Waals surface area (Å²) in [5, 5.41) is 3.43. The lowest BCUT2D eigenvalue weighted by Crippen LogP contribution is -2.23. The molecule has 1 atom stereocenters. The fourth-order valence-corrected chi connectivity index (χ4v) is 2.34. The van der Waals surface area contributed by atoms with Crippen molar-refractivity contribution in [2.24, 2.45) is 0 Å². The molecule has 4 heteroatoms. The van der Waals surface area contributed by atoms with Gasteiger partial charge < -0.3 is 14.8 Å². The molecule has 1 aromatic carbocycles. The van der Waals surface area contributed by atoms with E-state index in [0.29, 0.717) is 12.6 Å². The smallest absolute Gasteiger partial charge is 0.126 e. The van der Waals surface area contributed by atoms with E-state index >= 15 is 0 Å². The van der Waals surface area contributed by atoms with Gasteiger partial charge in [-0.25, -0.2) is 0 Å². The van der Waals surface area contributed by atoms with Gasteiger partial charge in [0.2, 0.25) is 0 Å². The van der Waals surface area contributed by atoms with E-state index in [2.05, 4.69) is 54.2 Å². The van der Waals surface area contributed by atoms with Crippen molar-refractivity contribution in [2.45, 2.75) is 46.4 Å². The van der Waals surface area contributed by atoms with Crippen LogP contribution >= 0.6 is 15.9 Å². The molecule has 0 saturated carbocycles. The van der Waals surface area contributed by atoms with E-state index in [0.717, 1.165) is 22.3 Å². The molecule has 0 aliphatic heterocycles. The number of rotatable bonds is 7. The molecule has 19 heavy (non-hydrogen) atoms. The summed E-state index contributed by atoms with van der Waals surface area (Å²) in [6.07, 6.45) is 0.0916. The Balaban J connectivity index is 2.86. The van der Waals surface area contributed by atoms with Gasteiger partial charge in [-0.05, 0) is 31.5 Å². The molecule has 0 radical (unpaired) electrons. The number of methoxy groups -OCH3 is 1. The van der Waals surface area contributed by atoms with Crippen molar-refractivity contribution in [1.82, 2.24) is 5.32 Å². The second-order valence-electron chi connectivity index (χ2n) is 5.10. The highest BCUT2D eigenvalue weighted by Crippen LogP contribution is 2.28. The van der Waals surface area contributed by atoms with E-state index in [1.807, 2.05) is 6.92 Å². The van der Waals surface area contributed by atoms with Gasteiger partial charge in [0, 0.05) is 29.7 Å². The molecule has 0 amide bonds. The third-order valence-electron chi connectivity index (χ3n) is 2.88. The summed E-state index contributed by atoms with van der Waals surface area (Å²) >= 11 is 3.54. The molecule has 1 N–H and O–H groups in total. The molecule has 1 aromatic rings. The number of nitrogens with one attached hydrogen (secondary N) is 1. The first-order chi connectivity index (χ1) is 8.93. The number of aryl methyl sites for hydroxylation is 1. The van der Waals surface area contributed by atoms with Gasteiger partial charge in [-0.15, -0.1) is 0 Å². The molecule has 1 rings (SSSR count). The highest BCUT2D eigenvalue weighted by atomic mass is 79.9. The molecule has 0 bridgehead atoms. The van der Waals surface area contributed by atoms with Crippen LogP contribution in [-0.2, 0) is 11.3 Å². The van der Waals surface area contributed by atoms with Crippen molar-refractivity contribution >= 4 is 15.9 Å². The number of benzene rings is 1. The van der Waals surface area contributed by atoms with Gasteiger partial charge in [0.05, 0.1) is 6.10 Å². The van der Waals surface area contributed by atoms with Gasteiger partial charge in [0.25, 0.3) is 0 Å². The molecule has 0 fully saturated rings. The van der Waals surface area contributed by atoms with Crippen LogP contribution in [0, 0.1) is 6.92 Å². The van der Waals surface area contributed by atoms with E-state index in [-0.39, 0.29) is 6.10 Å². The van der Waals surface area contributed by atoms with E-state index in [1.54, 1.807) is 7.11 Å². The average Bonchev–Trinajstić information content (AvgIpc) is 2.34. The molecule has 0 aromatic heterocycles. The molecule has 1 unspecified atom stereocenters. The second kappa shape index (κ2) is 7.88. The van der Waals surface area contributed by atoms with Gasteiger partial charge in [-0.1, -0.05) is 29.8 Å². The first-order valence-electron chi connectivity index (χ1n) is 6.62. The van der Waals surface area contributed by atoms with Crippen LogP contribution in [0.1, 0.15) is 31.9 Å². The summed E-state index contributed by atoms with van der Waals surface area (Å²) in [6, 6.07) is 4.63. The Bertz CT molecular complexity index is 407. The zero-order chi connectivity index (χ0) is 14.4. The minimum atomic E-state index is 0.0916. The van der Waals surface area contributed by atoms with Crippen LogP contribution in [0.2, 0.25) is 0 Å². The summed E-state index contributed by atoms with van der Waals surface area (Å²) in [7, 11) is 1.70. The summed E-state index contributed by atoms with van der Waals surface area (Å²) in [5.74, 6) is 0.959. The highest BCUT2D eigenvalue weighted by molar-refractivity contribution is 9.10. The van der Waals surface area contributed by atoms with Crippen LogP contribution in [-0.4, -0.2) is 25.9 Å². The Morgan fingerprint density at radius 3 is 2.53 bits per heavy atom. The maximum Gasteiger partial charge on any atom is 0.126 e. The SMILES string of the molecule is COC(C)COc1c(C)cc(Br)cc1CNC(C)C. The number of halogens is 1. The van der Waals surface area contributed by atoms with E-state index in [1.165, 1.54) is 5.56 Å². The Kier molecular flexibility index (Phi) is 6.83. The molecule has 108 valence electrons. The zero-order valence-electron chi connectivity index (χ0n) is 12.4. The second-order valence-corrected chi connectivity index (χ2v) is 6.02. The van der Waals surface area contributed by atoms with Crippen molar-refractivity contribution in [3.63, 3.8) is 0 Å². The summed E-state index contributed by atoms with van der Waals surface area (Å²) < 4.78 is 12.2. The quantitative estimate of drug-likeness (QED) is 0.827. The fraction of sp³-hybridized carbons (Fsp3) is 0.600. The van der Waals surface area contributed by atoms with Crippen molar-refractivity contribution < 1.29 is 9.47 Å². The Morgan fingerprint density at radius 2 is 1.95 bits per heavy atom. The van der Waals surface area contributed by atoms with Gasteiger partial charge in [-0.3, -0.25) is 0 Å². The van der Waals surface area contributed by atoms with Gasteiger partial charge in [0.1, 0.15) is 12.4 Å². The molecular formula is C15H24BrNO2. The fourth-order valence-electron chi connectivity index (χ4n) is 1.72. The summed E-state index contributed by atoms with van der Waals surface area (Å²) in [4.78, 5) is 0. The van der Waals surface area contributed by atoms with Crippen LogP contribution in [0.25, 0.3) is 0 Å². The van der Waals surface area contributed by atoms with Crippen LogP contribution in [0.3, 0.4) is 0 Å². The molecule has 0 heterocycles. The van der Waals surface area contributed by atoms with E-state index < -0.39 is 0 Å². The lowest BCUT2D eigenvalue weighted by atomic mass is 10.1. The van der Waals surface area contributed by atoms with E-state index in [4.69, 9.17) is 9.47 Å². The number of hydrogen-bond donors (Lipinski definition) is 1. The van der Waals surface area contributed by atoms with E-state index in [9.17, 15) is 0 Å². The van der Waals surface area contributed by atoms with Crippen LogP contribution in [0.5, 0.6) is 5.75 Å². The topological polar surface area (TPSA) is 30.5 Å². The molecule has 0 aliphatic rings. The maximum atomic E-state index is 5.92. The number of ether oxygens (including phenoxy) is 2. The predicted molar refractivity (Wildman–Crippen MR) is 82.8 cm³/mol. The lowest BCUT2D eigenvalue weighted by molar-refractivity contribution is 0.0710. The number of hydrogen-bond acceptors (Lipinski definition) is 3. The van der Waals surface area contributed by atoms with Gasteiger partial charge in [0.15, 0.2) is 0 Å². The largest absolute Gasteiger partial charge is 0.490 e. The van der Waals surface area contributed by atoms with Gasteiger partial charge >= 0.3 is 0 Å². The van der Waals surface area contributed by atoms with Crippen LogP contribution < -0.4 is 10.1 Å². The summed E-state index contributed by atoms with van der Waals surface area (Å²) in [6.45, 7) is 9.70. The monoisotopic (exact) mass is 329 g/mol. The minimum absolute atomic E-state index is 0.0916. The van der Waals surface area contributed by atoms with Crippen LogP contribution in [0.4, 0.5) is 0 Å². The van der Waals surface area contributed by atoms with Gasteiger partial charge in [-0.2, -0.15) is 0 Å². The molecule has 0 saturated heterocycles. The molecular weight excluding hydrogens is 306 g/mol. The minimum Gasteiger partial charge on any atom is -0.490 e. The lowest BCUT2D eigenvalue weighted by Gasteiger charge is -2.18. The highest BCUT2D eigenvalue weighted by Gasteiger charge is 2.11. The average molecular weight is 330 g/mol. The summed E-state index contributed by atoms with van der Waals surface area (Å²) in [5.41, 5.74) is 2.31. The third kappa shape index (κ3) is 5.51. The normalized spacial score (nSPS) is 12.8. The van der Waals surface area contributed by atoms with Crippen molar-refractivity contribution in [3.8, 4) is 5.75 Å². The Hall–Kier alpha value is -0.580. The van der Waals surface area contributed by atoms with Crippen molar-refractivity contribution in [1.29, 1.82) is 0 Å². The standard InChI is InChI=1S/C15H24BrNO2/c1-10(2)17-8-13-7-14(16)6-11(3)15(13)19-9-12(4)18-5/h6-7,10,12,17H,8-9H2,1-5H3. The molecule has 0 aliphatic carbocycles. The van der Waals surface area contributed by atoms with Crippen molar-refractivity contribution in [3.05, 3.63) is 27.7 Å².